The average Bonchev–Trinajstić information content (AvgIpc) is 3.19. The van der Waals surface area contributed by atoms with Gasteiger partial charge < -0.3 is 10.2 Å². The SMILES string of the molecule is CSc1nc(C(=O)N2CCc3c(c(C(=O)NCc4nccs4)nn3CC3CC3)C2)cs1. The van der Waals surface area contributed by atoms with Gasteiger partial charge in [-0.05, 0) is 25.0 Å². The minimum absolute atomic E-state index is 0.0914. The van der Waals surface area contributed by atoms with Crippen LogP contribution in [0, 0.1) is 5.92 Å². The van der Waals surface area contributed by atoms with Crippen molar-refractivity contribution in [1.82, 2.24) is 30.0 Å². The van der Waals surface area contributed by atoms with Gasteiger partial charge in [0, 0.05) is 47.7 Å². The summed E-state index contributed by atoms with van der Waals surface area (Å²) >= 11 is 4.52. The zero-order chi connectivity index (χ0) is 21.4. The van der Waals surface area contributed by atoms with E-state index in [1.165, 1.54) is 47.3 Å². The van der Waals surface area contributed by atoms with E-state index in [1.807, 2.05) is 21.7 Å². The molecule has 2 aliphatic rings. The number of nitrogens with one attached hydrogen (secondary N) is 1. The Hall–Kier alpha value is -2.24. The van der Waals surface area contributed by atoms with E-state index in [9.17, 15) is 9.59 Å². The molecule has 0 radical (unpaired) electrons. The number of thiazole rings is 2. The highest BCUT2D eigenvalue weighted by molar-refractivity contribution is 8.00. The summed E-state index contributed by atoms with van der Waals surface area (Å²) < 4.78 is 2.88. The number of hydrogen-bond donors (Lipinski definition) is 1. The predicted octanol–water partition coefficient (Wildman–Crippen LogP) is 3.06. The van der Waals surface area contributed by atoms with Gasteiger partial charge in [0.1, 0.15) is 15.0 Å². The summed E-state index contributed by atoms with van der Waals surface area (Å²) in [5.41, 5.74) is 2.83. The van der Waals surface area contributed by atoms with Gasteiger partial charge in [0.25, 0.3) is 11.8 Å². The van der Waals surface area contributed by atoms with Crippen molar-refractivity contribution in [3.63, 3.8) is 0 Å². The van der Waals surface area contributed by atoms with Crippen molar-refractivity contribution in [2.75, 3.05) is 12.8 Å². The monoisotopic (exact) mass is 474 g/mol. The molecule has 0 saturated heterocycles. The number of thioether (sulfide) groups is 1. The molecule has 5 rings (SSSR count). The second-order valence-corrected chi connectivity index (χ2v) is 10.6. The minimum atomic E-state index is -0.214. The Balaban J connectivity index is 1.38. The quantitative estimate of drug-likeness (QED) is 0.529. The average molecular weight is 475 g/mol. The minimum Gasteiger partial charge on any atom is -0.344 e. The number of hydrogen-bond acceptors (Lipinski definition) is 8. The smallest absolute Gasteiger partial charge is 0.273 e. The second-order valence-electron chi connectivity index (χ2n) is 7.69. The molecule has 162 valence electrons. The van der Waals surface area contributed by atoms with Crippen molar-refractivity contribution >= 4 is 46.2 Å². The number of nitrogens with zero attached hydrogens (tertiary/aromatic N) is 5. The highest BCUT2D eigenvalue weighted by Crippen LogP contribution is 2.33. The van der Waals surface area contributed by atoms with Gasteiger partial charge in [-0.3, -0.25) is 14.3 Å². The van der Waals surface area contributed by atoms with Crippen LogP contribution >= 0.6 is 34.4 Å². The molecule has 4 heterocycles. The first-order valence-corrected chi connectivity index (χ1v) is 13.1. The molecule has 8 nitrogen and oxygen atoms in total. The number of carbonyl (C=O) groups is 2. The van der Waals surface area contributed by atoms with Crippen molar-refractivity contribution in [2.24, 2.45) is 5.92 Å². The number of carbonyl (C=O) groups excluding carboxylic acids is 2. The maximum absolute atomic E-state index is 13.0. The first-order valence-electron chi connectivity index (χ1n) is 10.2. The summed E-state index contributed by atoms with van der Waals surface area (Å²) in [5, 5.41) is 12.2. The van der Waals surface area contributed by atoms with Crippen LogP contribution in [0.2, 0.25) is 0 Å². The molecule has 1 aliphatic heterocycles. The predicted molar refractivity (Wildman–Crippen MR) is 121 cm³/mol. The van der Waals surface area contributed by atoms with Gasteiger partial charge >= 0.3 is 0 Å². The molecule has 3 aromatic heterocycles. The van der Waals surface area contributed by atoms with E-state index >= 15 is 0 Å². The molecule has 3 aromatic rings. The molecule has 1 fully saturated rings. The topological polar surface area (TPSA) is 93.0 Å². The third-order valence-electron chi connectivity index (χ3n) is 5.52. The Bertz CT molecular complexity index is 1100. The van der Waals surface area contributed by atoms with Crippen LogP contribution in [0.25, 0.3) is 0 Å². The Morgan fingerprint density at radius 1 is 1.32 bits per heavy atom. The van der Waals surface area contributed by atoms with E-state index in [0.717, 1.165) is 27.1 Å². The van der Waals surface area contributed by atoms with Gasteiger partial charge in [-0.1, -0.05) is 11.8 Å². The summed E-state index contributed by atoms with van der Waals surface area (Å²) in [5.74, 6) is 0.342. The molecule has 0 aromatic carbocycles. The van der Waals surface area contributed by atoms with Crippen molar-refractivity contribution in [2.45, 2.75) is 43.2 Å². The first kappa shape index (κ1) is 20.7. The molecule has 0 spiro atoms. The Labute approximate surface area is 192 Å². The number of amides is 2. The van der Waals surface area contributed by atoms with Crippen LogP contribution in [-0.2, 0) is 26.1 Å². The molecule has 11 heteroatoms. The number of fused-ring (bicyclic) bond motifs is 1. The van der Waals surface area contributed by atoms with Gasteiger partial charge in [-0.15, -0.1) is 22.7 Å². The van der Waals surface area contributed by atoms with E-state index in [-0.39, 0.29) is 11.8 Å². The number of rotatable bonds is 7. The van der Waals surface area contributed by atoms with Crippen LogP contribution in [0.1, 0.15) is 50.1 Å². The summed E-state index contributed by atoms with van der Waals surface area (Å²) in [6.07, 6.45) is 6.80. The van der Waals surface area contributed by atoms with Crippen LogP contribution < -0.4 is 5.32 Å². The summed E-state index contributed by atoms with van der Waals surface area (Å²) in [6, 6.07) is 0. The Kier molecular flexibility index (Phi) is 5.81. The molecule has 1 N–H and O–H groups in total. The van der Waals surface area contributed by atoms with Crippen LogP contribution in [-0.4, -0.2) is 49.3 Å². The Morgan fingerprint density at radius 2 is 2.19 bits per heavy atom. The van der Waals surface area contributed by atoms with Gasteiger partial charge in [0.05, 0.1) is 13.1 Å². The van der Waals surface area contributed by atoms with Gasteiger partial charge in [0.2, 0.25) is 0 Å². The van der Waals surface area contributed by atoms with Crippen LogP contribution in [0.5, 0.6) is 0 Å². The molecule has 0 unspecified atom stereocenters. The highest BCUT2D eigenvalue weighted by atomic mass is 32.2. The van der Waals surface area contributed by atoms with Gasteiger partial charge in [-0.2, -0.15) is 5.10 Å². The fraction of sp³-hybridized carbons (Fsp3) is 0.450. The zero-order valence-corrected chi connectivity index (χ0v) is 19.5. The van der Waals surface area contributed by atoms with E-state index in [0.29, 0.717) is 43.4 Å². The third-order valence-corrected chi connectivity index (χ3v) is 8.17. The van der Waals surface area contributed by atoms with E-state index in [1.54, 1.807) is 11.1 Å². The van der Waals surface area contributed by atoms with E-state index in [2.05, 4.69) is 20.4 Å². The first-order chi connectivity index (χ1) is 15.1. The van der Waals surface area contributed by atoms with Crippen LogP contribution in [0.3, 0.4) is 0 Å². The zero-order valence-electron chi connectivity index (χ0n) is 17.0. The van der Waals surface area contributed by atoms with Crippen LogP contribution in [0.4, 0.5) is 0 Å². The maximum Gasteiger partial charge on any atom is 0.273 e. The molecule has 2 amide bonds. The normalized spacial score (nSPS) is 15.7. The third kappa shape index (κ3) is 4.39. The summed E-state index contributed by atoms with van der Waals surface area (Å²) in [6.45, 7) is 2.21. The molecule has 0 bridgehead atoms. The maximum atomic E-state index is 13.0. The molecular formula is C20H22N6O2S3. The lowest BCUT2D eigenvalue weighted by atomic mass is 10.0. The second kappa shape index (κ2) is 8.71. The van der Waals surface area contributed by atoms with Crippen molar-refractivity contribution < 1.29 is 9.59 Å². The Morgan fingerprint density at radius 3 is 2.90 bits per heavy atom. The lowest BCUT2D eigenvalue weighted by Crippen LogP contribution is -2.37. The fourth-order valence-corrected chi connectivity index (χ4v) is 5.53. The van der Waals surface area contributed by atoms with Crippen molar-refractivity contribution in [3.05, 3.63) is 44.6 Å². The summed E-state index contributed by atoms with van der Waals surface area (Å²) in [7, 11) is 0. The number of aromatic nitrogens is 4. The highest BCUT2D eigenvalue weighted by Gasteiger charge is 2.33. The van der Waals surface area contributed by atoms with Crippen molar-refractivity contribution in [1.29, 1.82) is 0 Å². The van der Waals surface area contributed by atoms with Crippen LogP contribution in [0.15, 0.2) is 21.3 Å². The molecule has 1 saturated carbocycles. The standard InChI is InChI=1S/C20H22N6O2S3/c1-29-20-23-14(11-31-20)19(28)25-6-4-15-13(10-25)17(24-26(15)9-12-2-3-12)18(27)22-8-16-21-5-7-30-16/h5,7,11-12H,2-4,6,8-10H2,1H3,(H,22,27). The van der Waals surface area contributed by atoms with Gasteiger partial charge in [0.15, 0.2) is 5.69 Å². The summed E-state index contributed by atoms with van der Waals surface area (Å²) in [4.78, 5) is 36.4. The fourth-order valence-electron chi connectivity index (χ4n) is 3.73. The molecular weight excluding hydrogens is 452 g/mol. The molecule has 0 atom stereocenters. The van der Waals surface area contributed by atoms with Crippen molar-refractivity contribution in [3.8, 4) is 0 Å². The molecule has 31 heavy (non-hydrogen) atoms. The lowest BCUT2D eigenvalue weighted by Gasteiger charge is -2.27. The van der Waals surface area contributed by atoms with E-state index < -0.39 is 0 Å². The van der Waals surface area contributed by atoms with Gasteiger partial charge in [-0.25, -0.2) is 9.97 Å². The lowest BCUT2D eigenvalue weighted by molar-refractivity contribution is 0.0724. The molecule has 1 aliphatic carbocycles. The van der Waals surface area contributed by atoms with E-state index in [4.69, 9.17) is 0 Å². The largest absolute Gasteiger partial charge is 0.344 e.